The van der Waals surface area contributed by atoms with E-state index < -0.39 is 10.0 Å². The fourth-order valence-electron chi connectivity index (χ4n) is 1.76. The molecular formula is C15H18N4O2S. The van der Waals surface area contributed by atoms with E-state index >= 15 is 0 Å². The monoisotopic (exact) mass is 318 g/mol. The van der Waals surface area contributed by atoms with E-state index in [9.17, 15) is 8.42 Å². The van der Waals surface area contributed by atoms with Crippen LogP contribution in [0.5, 0.6) is 0 Å². The molecule has 2 aromatic carbocycles. The molecule has 2 aromatic rings. The Balaban J connectivity index is 2.00. The number of benzene rings is 2. The summed E-state index contributed by atoms with van der Waals surface area (Å²) in [6, 6.07) is 14.0. The van der Waals surface area contributed by atoms with Gasteiger partial charge in [-0.15, -0.1) is 0 Å². The van der Waals surface area contributed by atoms with Gasteiger partial charge in [-0.3, -0.25) is 5.43 Å². The Hall–Kier alpha value is -2.38. The second kappa shape index (κ2) is 6.59. The summed E-state index contributed by atoms with van der Waals surface area (Å²) in [6.07, 6.45) is 1.69. The molecule has 3 N–H and O–H groups in total. The third kappa shape index (κ3) is 4.31. The van der Waals surface area contributed by atoms with E-state index in [4.69, 9.17) is 5.14 Å². The van der Waals surface area contributed by atoms with Crippen molar-refractivity contribution in [1.29, 1.82) is 0 Å². The number of rotatable bonds is 5. The van der Waals surface area contributed by atoms with Gasteiger partial charge in [-0.2, -0.15) is 5.10 Å². The van der Waals surface area contributed by atoms with Crippen molar-refractivity contribution in [2.75, 3.05) is 24.4 Å². The number of primary sulfonamides is 1. The van der Waals surface area contributed by atoms with Gasteiger partial charge in [0.25, 0.3) is 0 Å². The third-order valence-corrected chi connectivity index (χ3v) is 3.93. The molecule has 0 heterocycles. The highest BCUT2D eigenvalue weighted by Crippen LogP contribution is 2.13. The minimum absolute atomic E-state index is 0.0707. The fourth-order valence-corrected chi connectivity index (χ4v) is 2.27. The lowest BCUT2D eigenvalue weighted by atomic mass is 10.2. The first-order valence-corrected chi connectivity index (χ1v) is 8.10. The molecule has 0 unspecified atom stereocenters. The number of nitrogens with one attached hydrogen (secondary N) is 1. The van der Waals surface area contributed by atoms with Crippen molar-refractivity contribution in [3.05, 3.63) is 54.1 Å². The maximum Gasteiger partial charge on any atom is 0.238 e. The fraction of sp³-hybridized carbons (Fsp3) is 0.133. The lowest BCUT2D eigenvalue weighted by Crippen LogP contribution is -2.11. The molecule has 0 atom stereocenters. The van der Waals surface area contributed by atoms with Gasteiger partial charge < -0.3 is 4.90 Å². The van der Waals surface area contributed by atoms with Crippen LogP contribution in [0.3, 0.4) is 0 Å². The summed E-state index contributed by atoms with van der Waals surface area (Å²) >= 11 is 0. The van der Waals surface area contributed by atoms with E-state index in [1.807, 2.05) is 43.3 Å². The van der Waals surface area contributed by atoms with Crippen LogP contribution in [0.25, 0.3) is 0 Å². The van der Waals surface area contributed by atoms with Gasteiger partial charge in [0.05, 0.1) is 16.8 Å². The van der Waals surface area contributed by atoms with Crippen LogP contribution < -0.4 is 15.5 Å². The van der Waals surface area contributed by atoms with E-state index in [1.54, 1.807) is 18.3 Å². The smallest absolute Gasteiger partial charge is 0.238 e. The van der Waals surface area contributed by atoms with E-state index in [1.165, 1.54) is 12.1 Å². The van der Waals surface area contributed by atoms with Gasteiger partial charge in [0, 0.05) is 19.8 Å². The molecule has 0 aliphatic rings. The highest BCUT2D eigenvalue weighted by Gasteiger charge is 2.06. The van der Waals surface area contributed by atoms with Gasteiger partial charge in [0.1, 0.15) is 0 Å². The summed E-state index contributed by atoms with van der Waals surface area (Å²) in [5, 5.41) is 9.14. The summed E-state index contributed by atoms with van der Waals surface area (Å²) in [6.45, 7) is 0. The van der Waals surface area contributed by atoms with Crippen molar-refractivity contribution < 1.29 is 8.42 Å². The zero-order valence-corrected chi connectivity index (χ0v) is 13.2. The number of hydrogen-bond donors (Lipinski definition) is 2. The molecule has 2 rings (SSSR count). The van der Waals surface area contributed by atoms with Gasteiger partial charge >= 0.3 is 0 Å². The van der Waals surface area contributed by atoms with Gasteiger partial charge in [0.2, 0.25) is 10.0 Å². The molecule has 0 bridgehead atoms. The molecule has 0 saturated carbocycles. The lowest BCUT2D eigenvalue weighted by molar-refractivity contribution is 0.598. The Morgan fingerprint density at radius 1 is 1.05 bits per heavy atom. The first-order chi connectivity index (χ1) is 10.4. The molecule has 0 amide bonds. The Bertz CT molecular complexity index is 751. The summed E-state index contributed by atoms with van der Waals surface area (Å²) in [4.78, 5) is 2.09. The SMILES string of the molecule is CN(C)c1ccc(/C=N/Nc2ccc(S(N)(=O)=O)cc2)cc1. The molecule has 0 radical (unpaired) electrons. The maximum atomic E-state index is 11.1. The van der Waals surface area contributed by atoms with Crippen LogP contribution in [-0.2, 0) is 10.0 Å². The molecule has 0 saturated heterocycles. The molecule has 0 fully saturated rings. The summed E-state index contributed by atoms with van der Waals surface area (Å²) in [5.74, 6) is 0. The van der Waals surface area contributed by atoms with Gasteiger partial charge in [0.15, 0.2) is 0 Å². The van der Waals surface area contributed by atoms with E-state index in [2.05, 4.69) is 10.5 Å². The number of anilines is 2. The summed E-state index contributed by atoms with van der Waals surface area (Å²) in [7, 11) is 0.300. The quantitative estimate of drug-likeness (QED) is 0.650. The molecule has 116 valence electrons. The number of hydrazone groups is 1. The van der Waals surface area contributed by atoms with E-state index in [0.717, 1.165) is 11.3 Å². The minimum Gasteiger partial charge on any atom is -0.378 e. The molecule has 6 nitrogen and oxygen atoms in total. The van der Waals surface area contributed by atoms with Crippen LogP contribution >= 0.6 is 0 Å². The molecule has 22 heavy (non-hydrogen) atoms. The molecule has 0 aliphatic heterocycles. The highest BCUT2D eigenvalue weighted by molar-refractivity contribution is 7.89. The van der Waals surface area contributed by atoms with Crippen molar-refractivity contribution >= 4 is 27.6 Å². The van der Waals surface area contributed by atoms with Crippen molar-refractivity contribution in [3.8, 4) is 0 Å². The van der Waals surface area contributed by atoms with Crippen LogP contribution in [-0.4, -0.2) is 28.7 Å². The predicted octanol–water partition coefficient (Wildman–Crippen LogP) is 1.85. The molecular weight excluding hydrogens is 300 g/mol. The lowest BCUT2D eigenvalue weighted by Gasteiger charge is -2.11. The van der Waals surface area contributed by atoms with E-state index in [-0.39, 0.29) is 4.90 Å². The van der Waals surface area contributed by atoms with Crippen molar-refractivity contribution in [3.63, 3.8) is 0 Å². The summed E-state index contributed by atoms with van der Waals surface area (Å²) in [5.41, 5.74) is 5.58. The Morgan fingerprint density at radius 2 is 1.64 bits per heavy atom. The summed E-state index contributed by atoms with van der Waals surface area (Å²) < 4.78 is 22.3. The van der Waals surface area contributed by atoms with Crippen LogP contribution in [0, 0.1) is 0 Å². The van der Waals surface area contributed by atoms with Gasteiger partial charge in [-0.25, -0.2) is 13.6 Å². The highest BCUT2D eigenvalue weighted by atomic mass is 32.2. The Morgan fingerprint density at radius 3 is 2.14 bits per heavy atom. The number of sulfonamides is 1. The second-order valence-electron chi connectivity index (χ2n) is 4.93. The van der Waals surface area contributed by atoms with Crippen LogP contribution in [0.4, 0.5) is 11.4 Å². The number of nitrogens with two attached hydrogens (primary N) is 1. The standard InChI is InChI=1S/C15H18N4O2S/c1-19(2)14-7-3-12(4-8-14)11-17-18-13-5-9-15(10-6-13)22(16,20)21/h3-11,18H,1-2H3,(H2,16,20,21)/b17-11+. The van der Waals surface area contributed by atoms with Crippen LogP contribution in [0.15, 0.2) is 58.5 Å². The van der Waals surface area contributed by atoms with Crippen molar-refractivity contribution in [2.45, 2.75) is 4.90 Å². The van der Waals surface area contributed by atoms with Crippen molar-refractivity contribution in [1.82, 2.24) is 0 Å². The van der Waals surface area contributed by atoms with Gasteiger partial charge in [-0.1, -0.05) is 12.1 Å². The predicted molar refractivity (Wildman–Crippen MR) is 89.8 cm³/mol. The normalized spacial score (nSPS) is 11.6. The molecule has 0 aromatic heterocycles. The maximum absolute atomic E-state index is 11.1. The topological polar surface area (TPSA) is 87.8 Å². The van der Waals surface area contributed by atoms with Gasteiger partial charge in [-0.05, 0) is 42.0 Å². The molecule has 0 aliphatic carbocycles. The average molecular weight is 318 g/mol. The first kappa shape index (κ1) is 16.0. The zero-order valence-electron chi connectivity index (χ0n) is 12.4. The first-order valence-electron chi connectivity index (χ1n) is 6.55. The van der Waals surface area contributed by atoms with E-state index in [0.29, 0.717) is 5.69 Å². The molecule has 0 spiro atoms. The minimum atomic E-state index is -3.66. The molecule has 7 heteroatoms. The third-order valence-electron chi connectivity index (χ3n) is 3.00. The van der Waals surface area contributed by atoms with Crippen LogP contribution in [0.1, 0.15) is 5.56 Å². The Kier molecular flexibility index (Phi) is 4.79. The average Bonchev–Trinajstić information content (AvgIpc) is 2.47. The largest absolute Gasteiger partial charge is 0.378 e. The van der Waals surface area contributed by atoms with Crippen LogP contribution in [0.2, 0.25) is 0 Å². The second-order valence-corrected chi connectivity index (χ2v) is 6.49. The number of nitrogens with zero attached hydrogens (tertiary/aromatic N) is 2. The Labute approximate surface area is 130 Å². The zero-order chi connectivity index (χ0) is 16.2. The number of hydrogen-bond acceptors (Lipinski definition) is 5. The van der Waals surface area contributed by atoms with Crippen molar-refractivity contribution in [2.24, 2.45) is 10.2 Å².